The molecule has 1 heterocycles. The minimum Gasteiger partial charge on any atom is -0.497 e. The van der Waals surface area contributed by atoms with Crippen LogP contribution in [0.2, 0.25) is 0 Å². The van der Waals surface area contributed by atoms with Crippen LogP contribution in [0.1, 0.15) is 44.9 Å². The Morgan fingerprint density at radius 2 is 2.00 bits per heavy atom. The Kier molecular flexibility index (Phi) is 8.20. The highest BCUT2D eigenvalue weighted by molar-refractivity contribution is 5.29. The molecule has 0 spiro atoms. The van der Waals surface area contributed by atoms with Gasteiger partial charge < -0.3 is 14.4 Å². The van der Waals surface area contributed by atoms with Crippen molar-refractivity contribution in [1.82, 2.24) is 9.47 Å². The highest BCUT2D eigenvalue weighted by Gasteiger charge is 2.14. The van der Waals surface area contributed by atoms with E-state index in [0.29, 0.717) is 5.92 Å². The quantitative estimate of drug-likeness (QED) is 0.655. The van der Waals surface area contributed by atoms with Crippen LogP contribution in [0.3, 0.4) is 0 Å². The fourth-order valence-corrected chi connectivity index (χ4v) is 3.05. The number of benzene rings is 1. The molecule has 0 saturated heterocycles. The molecule has 0 aliphatic heterocycles. The zero-order valence-corrected chi connectivity index (χ0v) is 16.7. The normalized spacial score (nSPS) is 12.7. The van der Waals surface area contributed by atoms with Crippen molar-refractivity contribution >= 4 is 0 Å². The Hall–Kier alpha value is -1.78. The van der Waals surface area contributed by atoms with Gasteiger partial charge in [-0.15, -0.1) is 0 Å². The second kappa shape index (κ2) is 10.4. The molecule has 0 aliphatic carbocycles. The van der Waals surface area contributed by atoms with E-state index in [1.54, 1.807) is 7.11 Å². The van der Waals surface area contributed by atoms with E-state index < -0.39 is 0 Å². The lowest BCUT2D eigenvalue weighted by molar-refractivity contribution is 0.101. The summed E-state index contributed by atoms with van der Waals surface area (Å²) in [7, 11) is 1.70. The summed E-state index contributed by atoms with van der Waals surface area (Å²) in [5.74, 6) is 1.56. The van der Waals surface area contributed by atoms with Crippen molar-refractivity contribution in [1.29, 1.82) is 0 Å². The van der Waals surface area contributed by atoms with E-state index in [2.05, 4.69) is 53.8 Å². The summed E-state index contributed by atoms with van der Waals surface area (Å²) in [6, 6.07) is 12.5. The van der Waals surface area contributed by atoms with E-state index >= 15 is 0 Å². The molecule has 4 heteroatoms. The van der Waals surface area contributed by atoms with E-state index in [1.807, 2.05) is 19.1 Å². The van der Waals surface area contributed by atoms with Crippen molar-refractivity contribution in [3.8, 4) is 5.75 Å². The molecule has 1 aromatic heterocycles. The SMILES string of the molecule is CCC(O)CN(CCC(C)C)Cc1cccn1Cc1cccc(OC)c1. The first-order valence-electron chi connectivity index (χ1n) is 9.69. The molecule has 1 aromatic carbocycles. The number of ether oxygens (including phenoxy) is 1. The van der Waals surface area contributed by atoms with E-state index in [-0.39, 0.29) is 6.10 Å². The molecule has 0 bridgehead atoms. The minimum absolute atomic E-state index is 0.260. The molecule has 1 atom stereocenters. The molecule has 26 heavy (non-hydrogen) atoms. The zero-order chi connectivity index (χ0) is 18.9. The van der Waals surface area contributed by atoms with Crippen molar-refractivity contribution in [3.05, 3.63) is 53.9 Å². The molecule has 144 valence electrons. The number of rotatable bonds is 11. The van der Waals surface area contributed by atoms with E-state index in [1.165, 1.54) is 11.3 Å². The van der Waals surface area contributed by atoms with Gasteiger partial charge in [0.15, 0.2) is 0 Å². The molecular formula is C22H34N2O2. The summed E-state index contributed by atoms with van der Waals surface area (Å²) in [6.45, 7) is 9.97. The molecule has 0 saturated carbocycles. The molecule has 4 nitrogen and oxygen atoms in total. The lowest BCUT2D eigenvalue weighted by Gasteiger charge is -2.26. The first-order chi connectivity index (χ1) is 12.5. The van der Waals surface area contributed by atoms with Gasteiger partial charge in [-0.3, -0.25) is 4.90 Å². The van der Waals surface area contributed by atoms with Crippen LogP contribution in [0.4, 0.5) is 0 Å². The number of methoxy groups -OCH3 is 1. The minimum atomic E-state index is -0.260. The Morgan fingerprint density at radius 1 is 1.19 bits per heavy atom. The Labute approximate surface area is 158 Å². The van der Waals surface area contributed by atoms with Gasteiger partial charge >= 0.3 is 0 Å². The third-order valence-corrected chi connectivity index (χ3v) is 4.76. The monoisotopic (exact) mass is 358 g/mol. The first-order valence-corrected chi connectivity index (χ1v) is 9.69. The number of aromatic nitrogens is 1. The van der Waals surface area contributed by atoms with Crippen molar-refractivity contribution in [2.75, 3.05) is 20.2 Å². The maximum atomic E-state index is 10.1. The molecule has 2 aromatic rings. The fourth-order valence-electron chi connectivity index (χ4n) is 3.05. The lowest BCUT2D eigenvalue weighted by Crippen LogP contribution is -2.33. The molecule has 0 aliphatic rings. The van der Waals surface area contributed by atoms with E-state index in [0.717, 1.165) is 44.8 Å². The van der Waals surface area contributed by atoms with Gasteiger partial charge in [0.05, 0.1) is 13.2 Å². The van der Waals surface area contributed by atoms with Crippen LogP contribution in [-0.2, 0) is 13.1 Å². The molecule has 0 amide bonds. The molecule has 0 fully saturated rings. The van der Waals surface area contributed by atoms with Crippen LogP contribution in [-0.4, -0.2) is 40.9 Å². The average molecular weight is 359 g/mol. The molecular weight excluding hydrogens is 324 g/mol. The Morgan fingerprint density at radius 3 is 2.69 bits per heavy atom. The van der Waals surface area contributed by atoms with Gasteiger partial charge in [0.2, 0.25) is 0 Å². The largest absolute Gasteiger partial charge is 0.497 e. The summed E-state index contributed by atoms with van der Waals surface area (Å²) in [5.41, 5.74) is 2.50. The number of hydrogen-bond donors (Lipinski definition) is 1. The third kappa shape index (κ3) is 6.50. The number of aliphatic hydroxyl groups is 1. The Bertz CT molecular complexity index is 651. The van der Waals surface area contributed by atoms with Gasteiger partial charge in [0.1, 0.15) is 5.75 Å². The Balaban J connectivity index is 2.07. The van der Waals surface area contributed by atoms with Crippen LogP contribution in [0.15, 0.2) is 42.6 Å². The maximum absolute atomic E-state index is 10.1. The van der Waals surface area contributed by atoms with Gasteiger partial charge in [-0.2, -0.15) is 0 Å². The van der Waals surface area contributed by atoms with Gasteiger partial charge in [0, 0.05) is 31.5 Å². The topological polar surface area (TPSA) is 37.6 Å². The van der Waals surface area contributed by atoms with Gasteiger partial charge in [0.25, 0.3) is 0 Å². The van der Waals surface area contributed by atoms with Crippen LogP contribution in [0, 0.1) is 5.92 Å². The second-order valence-electron chi connectivity index (χ2n) is 7.46. The maximum Gasteiger partial charge on any atom is 0.119 e. The fraction of sp³-hybridized carbons (Fsp3) is 0.545. The van der Waals surface area contributed by atoms with Crippen LogP contribution < -0.4 is 4.74 Å². The average Bonchev–Trinajstić information content (AvgIpc) is 3.06. The van der Waals surface area contributed by atoms with Crippen molar-refractivity contribution in [3.63, 3.8) is 0 Å². The van der Waals surface area contributed by atoms with Gasteiger partial charge in [-0.1, -0.05) is 32.9 Å². The highest BCUT2D eigenvalue weighted by Crippen LogP contribution is 2.16. The third-order valence-electron chi connectivity index (χ3n) is 4.76. The van der Waals surface area contributed by atoms with E-state index in [9.17, 15) is 5.11 Å². The summed E-state index contributed by atoms with van der Waals surface area (Å²) >= 11 is 0. The smallest absolute Gasteiger partial charge is 0.119 e. The summed E-state index contributed by atoms with van der Waals surface area (Å²) in [4.78, 5) is 2.38. The summed E-state index contributed by atoms with van der Waals surface area (Å²) in [5, 5.41) is 10.1. The van der Waals surface area contributed by atoms with Crippen molar-refractivity contribution < 1.29 is 9.84 Å². The number of aliphatic hydroxyl groups excluding tert-OH is 1. The molecule has 2 rings (SSSR count). The lowest BCUT2D eigenvalue weighted by atomic mass is 10.1. The van der Waals surface area contributed by atoms with Crippen molar-refractivity contribution in [2.24, 2.45) is 5.92 Å². The number of nitrogens with zero attached hydrogens (tertiary/aromatic N) is 2. The zero-order valence-electron chi connectivity index (χ0n) is 16.7. The molecule has 1 unspecified atom stereocenters. The predicted octanol–water partition coefficient (Wildman–Crippen LogP) is 4.16. The summed E-state index contributed by atoms with van der Waals surface area (Å²) in [6.07, 6.45) is 3.81. The van der Waals surface area contributed by atoms with Crippen molar-refractivity contribution in [2.45, 2.75) is 52.8 Å². The molecule has 0 radical (unpaired) electrons. The van der Waals surface area contributed by atoms with Gasteiger partial charge in [-0.25, -0.2) is 0 Å². The van der Waals surface area contributed by atoms with Crippen LogP contribution in [0.25, 0.3) is 0 Å². The molecule has 1 N–H and O–H groups in total. The predicted molar refractivity (Wildman–Crippen MR) is 108 cm³/mol. The van der Waals surface area contributed by atoms with Gasteiger partial charge in [-0.05, 0) is 55.1 Å². The second-order valence-corrected chi connectivity index (χ2v) is 7.46. The highest BCUT2D eigenvalue weighted by atomic mass is 16.5. The first kappa shape index (κ1) is 20.5. The number of hydrogen-bond acceptors (Lipinski definition) is 3. The van der Waals surface area contributed by atoms with Crippen LogP contribution >= 0.6 is 0 Å². The standard InChI is InChI=1S/C22H34N2O2/c1-5-21(25)17-23(13-11-18(2)3)16-20-9-7-12-24(20)15-19-8-6-10-22(14-19)26-4/h6-10,12,14,18,21,25H,5,11,13,15-17H2,1-4H3. The van der Waals surface area contributed by atoms with Crippen LogP contribution in [0.5, 0.6) is 5.75 Å². The van der Waals surface area contributed by atoms with E-state index in [4.69, 9.17) is 4.74 Å². The summed E-state index contributed by atoms with van der Waals surface area (Å²) < 4.78 is 7.62.